The lowest BCUT2D eigenvalue weighted by Gasteiger charge is -2.31. The van der Waals surface area contributed by atoms with Crippen LogP contribution in [0.1, 0.15) is 47.0 Å². The van der Waals surface area contributed by atoms with Crippen molar-refractivity contribution < 1.29 is 17.9 Å². The predicted octanol–water partition coefficient (Wildman–Crippen LogP) is 1.55. The molecule has 2 rings (SSSR count). The van der Waals surface area contributed by atoms with Crippen LogP contribution in [0, 0.1) is 0 Å². The average Bonchev–Trinajstić information content (AvgIpc) is 2.90. The zero-order valence-corrected chi connectivity index (χ0v) is 14.8. The number of sulfone groups is 1. The predicted molar refractivity (Wildman–Crippen MR) is 85.6 cm³/mol. The third kappa shape index (κ3) is 4.59. The first kappa shape index (κ1) is 17.5. The fraction of sp³-hybridized carbons (Fsp3) is 0.933. The molecule has 2 unspecified atom stereocenters. The molecule has 7 heteroatoms. The van der Waals surface area contributed by atoms with Gasteiger partial charge < -0.3 is 15.0 Å². The van der Waals surface area contributed by atoms with Gasteiger partial charge in [0.2, 0.25) is 0 Å². The third-order valence-electron chi connectivity index (χ3n) is 4.27. The van der Waals surface area contributed by atoms with Crippen LogP contribution in [0.5, 0.6) is 0 Å². The normalized spacial score (nSPS) is 31.5. The van der Waals surface area contributed by atoms with Crippen LogP contribution in [-0.2, 0) is 14.6 Å². The molecule has 2 saturated heterocycles. The molecule has 0 radical (unpaired) electrons. The molecule has 128 valence electrons. The van der Waals surface area contributed by atoms with Crippen molar-refractivity contribution in [3.05, 3.63) is 0 Å². The second-order valence-electron chi connectivity index (χ2n) is 7.75. The van der Waals surface area contributed by atoms with Crippen LogP contribution < -0.4 is 5.32 Å². The molecule has 2 atom stereocenters. The van der Waals surface area contributed by atoms with E-state index >= 15 is 0 Å². The Balaban J connectivity index is 1.91. The van der Waals surface area contributed by atoms with E-state index in [1.54, 1.807) is 4.90 Å². The monoisotopic (exact) mass is 332 g/mol. The number of rotatable bonds is 3. The molecule has 1 N–H and O–H groups in total. The minimum absolute atomic E-state index is 0.0787. The Kier molecular flexibility index (Phi) is 4.78. The molecule has 0 aromatic carbocycles. The molecule has 2 aliphatic rings. The summed E-state index contributed by atoms with van der Waals surface area (Å²) in [6.07, 6.45) is 2.24. The maximum Gasteiger partial charge on any atom is 0.410 e. The van der Waals surface area contributed by atoms with E-state index in [1.165, 1.54) is 0 Å². The minimum atomic E-state index is -2.92. The smallest absolute Gasteiger partial charge is 0.410 e. The van der Waals surface area contributed by atoms with Crippen molar-refractivity contribution in [2.45, 2.75) is 64.1 Å². The third-order valence-corrected chi connectivity index (χ3v) is 6.18. The molecule has 22 heavy (non-hydrogen) atoms. The average molecular weight is 332 g/mol. The van der Waals surface area contributed by atoms with Gasteiger partial charge in [-0.15, -0.1) is 0 Å². The summed E-state index contributed by atoms with van der Waals surface area (Å²) in [6, 6.07) is 0.0787. The number of carbonyl (C=O) groups excluding carboxylic acids is 1. The number of nitrogens with one attached hydrogen (secondary N) is 1. The van der Waals surface area contributed by atoms with Gasteiger partial charge in [-0.2, -0.15) is 0 Å². The van der Waals surface area contributed by atoms with Crippen LogP contribution in [0.2, 0.25) is 0 Å². The van der Waals surface area contributed by atoms with Gasteiger partial charge in [0.05, 0.1) is 11.5 Å². The Bertz CT molecular complexity index is 526. The Morgan fingerprint density at radius 1 is 1.41 bits per heavy atom. The number of carbonyl (C=O) groups is 1. The number of hydrogen-bond acceptors (Lipinski definition) is 5. The van der Waals surface area contributed by atoms with Gasteiger partial charge in [-0.3, -0.25) is 0 Å². The summed E-state index contributed by atoms with van der Waals surface area (Å²) in [5, 5.41) is 3.37. The van der Waals surface area contributed by atoms with E-state index in [0.29, 0.717) is 19.5 Å². The van der Waals surface area contributed by atoms with Crippen LogP contribution in [0.4, 0.5) is 4.79 Å². The van der Waals surface area contributed by atoms with E-state index in [0.717, 1.165) is 12.8 Å². The summed E-state index contributed by atoms with van der Waals surface area (Å²) in [6.45, 7) is 8.85. The van der Waals surface area contributed by atoms with Gasteiger partial charge in [0.15, 0.2) is 9.84 Å². The van der Waals surface area contributed by atoms with E-state index in [2.05, 4.69) is 5.32 Å². The lowest BCUT2D eigenvalue weighted by Crippen LogP contribution is -2.51. The number of hydrogen-bond donors (Lipinski definition) is 1. The molecule has 0 aliphatic carbocycles. The highest BCUT2D eigenvalue weighted by Gasteiger charge is 2.39. The quantitative estimate of drug-likeness (QED) is 0.849. The zero-order chi connectivity index (χ0) is 16.6. The Morgan fingerprint density at radius 3 is 2.64 bits per heavy atom. The van der Waals surface area contributed by atoms with E-state index in [-0.39, 0.29) is 29.2 Å². The second kappa shape index (κ2) is 6.00. The highest BCUT2D eigenvalue weighted by Crippen LogP contribution is 2.25. The summed E-state index contributed by atoms with van der Waals surface area (Å²) in [5.74, 6) is 0.427. The molecule has 1 amide bonds. The molecule has 0 aromatic heterocycles. The topological polar surface area (TPSA) is 75.7 Å². The van der Waals surface area contributed by atoms with Gasteiger partial charge in [0, 0.05) is 24.7 Å². The van der Waals surface area contributed by atoms with Crippen molar-refractivity contribution in [1.29, 1.82) is 0 Å². The van der Waals surface area contributed by atoms with Gasteiger partial charge in [0.25, 0.3) is 0 Å². The Labute approximate surface area is 133 Å². The minimum Gasteiger partial charge on any atom is -0.444 e. The standard InChI is InChI=1S/C15H28N2O4S/c1-14(2,3)21-13(18)17-8-5-6-12(17)10-16-15(4)7-9-22(19,20)11-15/h12,16H,5-11H2,1-4H3. The largest absolute Gasteiger partial charge is 0.444 e. The van der Waals surface area contributed by atoms with Crippen molar-refractivity contribution in [1.82, 2.24) is 10.2 Å². The Morgan fingerprint density at radius 2 is 2.09 bits per heavy atom. The van der Waals surface area contributed by atoms with Gasteiger partial charge in [0.1, 0.15) is 5.60 Å². The molecule has 2 fully saturated rings. The van der Waals surface area contributed by atoms with Crippen LogP contribution in [0.3, 0.4) is 0 Å². The zero-order valence-electron chi connectivity index (χ0n) is 14.0. The number of ether oxygens (including phenoxy) is 1. The molecule has 0 bridgehead atoms. The van der Waals surface area contributed by atoms with E-state index in [4.69, 9.17) is 4.74 Å². The van der Waals surface area contributed by atoms with Gasteiger partial charge >= 0.3 is 6.09 Å². The first-order chi connectivity index (χ1) is 10.00. The van der Waals surface area contributed by atoms with Crippen molar-refractivity contribution in [3.8, 4) is 0 Å². The first-order valence-corrected chi connectivity index (χ1v) is 9.77. The fourth-order valence-electron chi connectivity index (χ4n) is 3.12. The van der Waals surface area contributed by atoms with Crippen LogP contribution in [-0.4, -0.2) is 61.2 Å². The lowest BCUT2D eigenvalue weighted by molar-refractivity contribution is 0.0222. The maximum absolute atomic E-state index is 12.2. The van der Waals surface area contributed by atoms with E-state index in [9.17, 15) is 13.2 Å². The Hall–Kier alpha value is -0.820. The van der Waals surface area contributed by atoms with Crippen LogP contribution >= 0.6 is 0 Å². The highest BCUT2D eigenvalue weighted by atomic mass is 32.2. The maximum atomic E-state index is 12.2. The van der Waals surface area contributed by atoms with Gasteiger partial charge in [-0.25, -0.2) is 13.2 Å². The van der Waals surface area contributed by atoms with Crippen LogP contribution in [0.25, 0.3) is 0 Å². The van der Waals surface area contributed by atoms with Gasteiger partial charge in [-0.1, -0.05) is 0 Å². The van der Waals surface area contributed by atoms with Gasteiger partial charge in [-0.05, 0) is 47.0 Å². The fourth-order valence-corrected chi connectivity index (χ4v) is 5.25. The summed E-state index contributed by atoms with van der Waals surface area (Å²) < 4.78 is 28.7. The second-order valence-corrected chi connectivity index (χ2v) is 9.94. The SMILES string of the molecule is CC1(NCC2CCCN2C(=O)OC(C)(C)C)CCS(=O)(=O)C1. The summed E-state index contributed by atoms with van der Waals surface area (Å²) >= 11 is 0. The molecule has 2 aliphatic heterocycles. The molecule has 6 nitrogen and oxygen atoms in total. The molecular weight excluding hydrogens is 304 g/mol. The van der Waals surface area contributed by atoms with E-state index in [1.807, 2.05) is 27.7 Å². The van der Waals surface area contributed by atoms with Crippen LogP contribution in [0.15, 0.2) is 0 Å². The van der Waals surface area contributed by atoms with Crippen molar-refractivity contribution in [3.63, 3.8) is 0 Å². The number of likely N-dealkylation sites (tertiary alicyclic amines) is 1. The van der Waals surface area contributed by atoms with E-state index < -0.39 is 15.4 Å². The summed E-state index contributed by atoms with van der Waals surface area (Å²) in [7, 11) is -2.92. The van der Waals surface area contributed by atoms with Crippen molar-refractivity contribution in [2.24, 2.45) is 0 Å². The molecular formula is C15H28N2O4S. The van der Waals surface area contributed by atoms with Crippen molar-refractivity contribution in [2.75, 3.05) is 24.6 Å². The highest BCUT2D eigenvalue weighted by molar-refractivity contribution is 7.91. The summed E-state index contributed by atoms with van der Waals surface area (Å²) in [4.78, 5) is 14.0. The molecule has 2 heterocycles. The number of nitrogens with zero attached hydrogens (tertiary/aromatic N) is 1. The summed E-state index contributed by atoms with van der Waals surface area (Å²) in [5.41, 5.74) is -0.871. The molecule has 0 aromatic rings. The molecule has 0 spiro atoms. The first-order valence-electron chi connectivity index (χ1n) is 7.95. The molecule has 0 saturated carbocycles. The number of amides is 1. The lowest BCUT2D eigenvalue weighted by atomic mass is 10.0. The van der Waals surface area contributed by atoms with Crippen molar-refractivity contribution >= 4 is 15.9 Å².